The number of aromatic nitrogens is 1. The Morgan fingerprint density at radius 2 is 2.03 bits per heavy atom. The van der Waals surface area contributed by atoms with Crippen molar-refractivity contribution in [2.24, 2.45) is 0 Å². The molecule has 1 aliphatic heterocycles. The highest BCUT2D eigenvalue weighted by Crippen LogP contribution is 2.29. The molecule has 29 heavy (non-hydrogen) atoms. The fraction of sp³-hybridized carbons (Fsp3) is 0.190. The number of fused-ring (bicyclic) bond motifs is 1. The van der Waals surface area contributed by atoms with E-state index >= 15 is 0 Å². The van der Waals surface area contributed by atoms with Crippen LogP contribution in [0.5, 0.6) is 5.75 Å². The lowest BCUT2D eigenvalue weighted by Crippen LogP contribution is -2.25. The van der Waals surface area contributed by atoms with E-state index in [2.05, 4.69) is 14.6 Å². The zero-order valence-corrected chi connectivity index (χ0v) is 16.4. The van der Waals surface area contributed by atoms with Gasteiger partial charge in [-0.15, -0.1) is 0 Å². The predicted octanol–water partition coefficient (Wildman–Crippen LogP) is 3.63. The summed E-state index contributed by atoms with van der Waals surface area (Å²) in [6, 6.07) is 14.6. The summed E-state index contributed by atoms with van der Waals surface area (Å²) < 4.78 is 46.8. The largest absolute Gasteiger partial charge is 0.588 e. The Hall–Kier alpha value is -2.81. The molecule has 150 valence electrons. The van der Waals surface area contributed by atoms with Gasteiger partial charge >= 0.3 is 0 Å². The summed E-state index contributed by atoms with van der Waals surface area (Å²) in [7, 11) is -3.74. The minimum atomic E-state index is -3.74. The van der Waals surface area contributed by atoms with Crippen molar-refractivity contribution in [3.05, 3.63) is 83.9 Å². The van der Waals surface area contributed by atoms with E-state index in [4.69, 9.17) is 4.74 Å². The lowest BCUT2D eigenvalue weighted by molar-refractivity contribution is 0.219. The molecule has 3 aromatic rings. The smallest absolute Gasteiger partial charge is 0.184 e. The van der Waals surface area contributed by atoms with Crippen molar-refractivity contribution in [2.75, 3.05) is 17.9 Å². The highest BCUT2D eigenvalue weighted by atomic mass is 32.3. The third-order valence-corrected chi connectivity index (χ3v) is 6.02. The van der Waals surface area contributed by atoms with Crippen LogP contribution in [-0.4, -0.2) is 27.6 Å². The number of nitrogens with zero attached hydrogens (tertiary/aromatic N) is 2. The molecule has 0 amide bonds. The standard InChI is InChI=1S/C21H20FN3O3S/c22-18-6-3-16(4-7-18)14-25-10-11-28-21-12-20(8-5-17(21)15-25)29(26,27)24-19-2-1-9-23-13-19/h1-9,12-13H,10-11,14-15H2,(H-,24,26,27). The molecule has 1 unspecified atom stereocenters. The summed E-state index contributed by atoms with van der Waals surface area (Å²) >= 11 is 0. The zero-order chi connectivity index (χ0) is 20.3. The van der Waals surface area contributed by atoms with Crippen LogP contribution in [0.2, 0.25) is 0 Å². The minimum Gasteiger partial charge on any atom is -0.588 e. The summed E-state index contributed by atoms with van der Waals surface area (Å²) in [6.07, 6.45) is 3.02. The number of sulfonamides is 1. The van der Waals surface area contributed by atoms with E-state index in [-0.39, 0.29) is 10.7 Å². The number of hydrogen-bond acceptors (Lipinski definition) is 5. The lowest BCUT2D eigenvalue weighted by atomic mass is 10.1. The highest BCUT2D eigenvalue weighted by Gasteiger charge is 2.24. The van der Waals surface area contributed by atoms with Crippen molar-refractivity contribution in [2.45, 2.75) is 18.0 Å². The molecular formula is C21H20FN3O3S. The maximum absolute atomic E-state index is 13.1. The Kier molecular flexibility index (Phi) is 5.57. The van der Waals surface area contributed by atoms with E-state index in [1.165, 1.54) is 18.3 Å². The predicted molar refractivity (Wildman–Crippen MR) is 107 cm³/mol. The Morgan fingerprint density at radius 3 is 2.79 bits per heavy atom. The minimum absolute atomic E-state index is 0.132. The first-order valence-corrected chi connectivity index (χ1v) is 10.6. The molecule has 0 bridgehead atoms. The molecule has 1 atom stereocenters. The summed E-state index contributed by atoms with van der Waals surface area (Å²) in [5, 5.41) is 0. The van der Waals surface area contributed by atoms with Crippen LogP contribution in [0.25, 0.3) is 0 Å². The van der Waals surface area contributed by atoms with Crippen molar-refractivity contribution in [1.29, 1.82) is 0 Å². The van der Waals surface area contributed by atoms with E-state index in [0.717, 1.165) is 11.1 Å². The van der Waals surface area contributed by atoms with E-state index in [1.807, 2.05) is 0 Å². The normalized spacial score (nSPS) is 16.2. The first kappa shape index (κ1) is 19.5. The van der Waals surface area contributed by atoms with Gasteiger partial charge in [0.1, 0.15) is 18.2 Å². The van der Waals surface area contributed by atoms with E-state index in [1.54, 1.807) is 48.7 Å². The van der Waals surface area contributed by atoms with Gasteiger partial charge in [0.25, 0.3) is 0 Å². The zero-order valence-electron chi connectivity index (χ0n) is 15.6. The first-order valence-electron chi connectivity index (χ1n) is 9.15. The molecule has 4 rings (SSSR count). The fourth-order valence-corrected chi connectivity index (χ4v) is 4.25. The molecule has 0 spiro atoms. The van der Waals surface area contributed by atoms with Crippen LogP contribution >= 0.6 is 0 Å². The number of anilines is 1. The van der Waals surface area contributed by atoms with Gasteiger partial charge in [-0.05, 0) is 42.0 Å². The average molecular weight is 413 g/mol. The van der Waals surface area contributed by atoms with Crippen molar-refractivity contribution in [1.82, 2.24) is 9.88 Å². The van der Waals surface area contributed by atoms with Gasteiger partial charge in [0.15, 0.2) is 15.3 Å². The number of benzene rings is 2. The van der Waals surface area contributed by atoms with Gasteiger partial charge in [-0.2, -0.15) is 0 Å². The molecule has 0 saturated heterocycles. The van der Waals surface area contributed by atoms with Crippen LogP contribution < -0.4 is 9.46 Å². The third-order valence-electron chi connectivity index (χ3n) is 4.64. The number of pyridine rings is 1. The molecule has 2 aromatic carbocycles. The van der Waals surface area contributed by atoms with E-state index in [0.29, 0.717) is 37.7 Å². The third kappa shape index (κ3) is 4.79. The van der Waals surface area contributed by atoms with Gasteiger partial charge < -0.3 is 9.29 Å². The molecular weight excluding hydrogens is 393 g/mol. The molecule has 0 aliphatic carbocycles. The van der Waals surface area contributed by atoms with Gasteiger partial charge in [-0.1, -0.05) is 16.3 Å². The summed E-state index contributed by atoms with van der Waals surface area (Å²) in [4.78, 5) is 6.23. The van der Waals surface area contributed by atoms with Gasteiger partial charge in [0.05, 0.1) is 11.9 Å². The van der Waals surface area contributed by atoms with Gasteiger partial charge in [-0.25, -0.2) is 9.11 Å². The van der Waals surface area contributed by atoms with E-state index < -0.39 is 10.4 Å². The monoisotopic (exact) mass is 413 g/mol. The summed E-state index contributed by atoms with van der Waals surface area (Å²) in [5.41, 5.74) is 2.31. The Balaban J connectivity index is 1.51. The molecule has 8 heteroatoms. The number of ether oxygens (including phenoxy) is 1. The SMILES string of the molecule is O=[S+]([O-])(Nc1cccnc1)c1ccc2c(c1)OCCN(Cc1ccc(F)cc1)C2. The number of nitrogens with one attached hydrogen (secondary N) is 1. The Bertz CT molecular complexity index is 1030. The number of rotatable bonds is 5. The summed E-state index contributed by atoms with van der Waals surface area (Å²) in [6.45, 7) is 2.39. The number of halogens is 1. The molecule has 0 radical (unpaired) electrons. The maximum Gasteiger partial charge on any atom is 0.184 e. The van der Waals surface area contributed by atoms with Crippen LogP contribution in [0.1, 0.15) is 11.1 Å². The molecule has 6 nitrogen and oxygen atoms in total. The average Bonchev–Trinajstić information content (AvgIpc) is 2.91. The van der Waals surface area contributed by atoms with Crippen LogP contribution in [0.3, 0.4) is 0 Å². The van der Waals surface area contributed by atoms with Crippen molar-refractivity contribution in [3.63, 3.8) is 0 Å². The van der Waals surface area contributed by atoms with Crippen molar-refractivity contribution < 1.29 is 17.9 Å². The second-order valence-electron chi connectivity index (χ2n) is 6.80. The van der Waals surface area contributed by atoms with Crippen molar-refractivity contribution in [3.8, 4) is 5.75 Å². The summed E-state index contributed by atoms with van der Waals surface area (Å²) in [5.74, 6) is 0.299. The van der Waals surface area contributed by atoms with Crippen LogP contribution in [-0.2, 0) is 27.7 Å². The molecule has 1 N–H and O–H groups in total. The van der Waals surface area contributed by atoms with Crippen LogP contribution in [0, 0.1) is 5.82 Å². The lowest BCUT2D eigenvalue weighted by Gasteiger charge is -2.19. The maximum atomic E-state index is 13.1. The topological polar surface area (TPSA) is 77.5 Å². The fourth-order valence-electron chi connectivity index (χ4n) is 3.19. The van der Waals surface area contributed by atoms with Crippen LogP contribution in [0.4, 0.5) is 10.1 Å². The molecule has 1 aromatic heterocycles. The quantitative estimate of drug-likeness (QED) is 0.647. The van der Waals surface area contributed by atoms with Crippen molar-refractivity contribution >= 4 is 16.1 Å². The second kappa shape index (κ2) is 8.28. The number of hydrogen-bond donors (Lipinski definition) is 1. The second-order valence-corrected chi connectivity index (χ2v) is 8.48. The highest BCUT2D eigenvalue weighted by molar-refractivity contribution is 7.98. The van der Waals surface area contributed by atoms with E-state index in [9.17, 15) is 13.2 Å². The Morgan fingerprint density at radius 1 is 1.21 bits per heavy atom. The van der Waals surface area contributed by atoms with Gasteiger partial charge in [0.2, 0.25) is 0 Å². The molecule has 1 aliphatic rings. The van der Waals surface area contributed by atoms with Crippen LogP contribution in [0.15, 0.2) is 71.9 Å². The molecule has 0 saturated carbocycles. The van der Waals surface area contributed by atoms with Gasteiger partial charge in [0, 0.05) is 37.5 Å². The molecule has 2 heterocycles. The van der Waals surface area contributed by atoms with Gasteiger partial charge in [-0.3, -0.25) is 9.88 Å². The molecule has 0 fully saturated rings. The first-order chi connectivity index (χ1) is 14.0. The Labute approximate surface area is 169 Å².